The van der Waals surface area contributed by atoms with Crippen LogP contribution in [0.3, 0.4) is 0 Å². The number of carbonyl (C=O) groups excluding carboxylic acids is 3. The van der Waals surface area contributed by atoms with Gasteiger partial charge in [-0.1, -0.05) is 44.2 Å². The van der Waals surface area contributed by atoms with Gasteiger partial charge in [0.1, 0.15) is 0 Å². The molecule has 3 N–H and O–H groups in total. The molecule has 0 radical (unpaired) electrons. The highest BCUT2D eigenvalue weighted by Crippen LogP contribution is 2.09. The van der Waals surface area contributed by atoms with Crippen molar-refractivity contribution >= 4 is 30.1 Å². The minimum Gasteiger partial charge on any atom is -0.346 e. The summed E-state index contributed by atoms with van der Waals surface area (Å²) in [6, 6.07) is 9.34. The summed E-state index contributed by atoms with van der Waals surface area (Å²) in [7, 11) is 0. The van der Waals surface area contributed by atoms with Crippen molar-refractivity contribution in [3.63, 3.8) is 0 Å². The van der Waals surface area contributed by atoms with Gasteiger partial charge >= 0.3 is 0 Å². The summed E-state index contributed by atoms with van der Waals surface area (Å²) in [4.78, 5) is 40.4. The number of benzene rings is 1. The summed E-state index contributed by atoms with van der Waals surface area (Å²) >= 11 is 0. The standard InChI is InChI=1S/C21H32N4O3.ClH/c1-16(2)20(22)21(28)23-15-19(27)25-12-6-11-24(13-14-25)18(26)10-9-17-7-4-3-5-8-17;/h3-5,7-8,16,20H,6,9-15,22H2,1-2H3,(H,23,28);1H/t20-;/m0./s1. The molecule has 1 fully saturated rings. The molecule has 3 amide bonds. The van der Waals surface area contributed by atoms with Gasteiger partial charge in [0, 0.05) is 32.6 Å². The molecular formula is C21H33ClN4O3. The molecule has 0 aromatic heterocycles. The van der Waals surface area contributed by atoms with Crippen molar-refractivity contribution < 1.29 is 14.4 Å². The Balaban J connectivity index is 0.00000420. The van der Waals surface area contributed by atoms with E-state index in [-0.39, 0.29) is 42.6 Å². The molecule has 29 heavy (non-hydrogen) atoms. The third-order valence-corrected chi connectivity index (χ3v) is 5.11. The quantitative estimate of drug-likeness (QED) is 0.687. The topological polar surface area (TPSA) is 95.7 Å². The van der Waals surface area contributed by atoms with Crippen molar-refractivity contribution in [2.75, 3.05) is 32.7 Å². The fourth-order valence-corrected chi connectivity index (χ4v) is 3.17. The fraction of sp³-hybridized carbons (Fsp3) is 0.571. The Labute approximate surface area is 179 Å². The lowest BCUT2D eigenvalue weighted by atomic mass is 10.1. The number of aryl methyl sites for hydroxylation is 1. The van der Waals surface area contributed by atoms with Crippen LogP contribution in [0.4, 0.5) is 0 Å². The van der Waals surface area contributed by atoms with Crippen molar-refractivity contribution in [3.05, 3.63) is 35.9 Å². The van der Waals surface area contributed by atoms with Gasteiger partial charge in [0.05, 0.1) is 12.6 Å². The van der Waals surface area contributed by atoms with Crippen LogP contribution in [0, 0.1) is 5.92 Å². The van der Waals surface area contributed by atoms with Crippen LogP contribution in [-0.2, 0) is 20.8 Å². The maximum atomic E-state index is 12.5. The van der Waals surface area contributed by atoms with Crippen LogP contribution < -0.4 is 11.1 Å². The van der Waals surface area contributed by atoms with Gasteiger partial charge in [0.25, 0.3) is 0 Å². The van der Waals surface area contributed by atoms with Crippen LogP contribution in [0.15, 0.2) is 30.3 Å². The Morgan fingerprint density at radius 1 is 1.00 bits per heavy atom. The second-order valence-corrected chi connectivity index (χ2v) is 7.59. The Morgan fingerprint density at radius 2 is 1.59 bits per heavy atom. The maximum Gasteiger partial charge on any atom is 0.242 e. The number of nitrogens with two attached hydrogens (primary N) is 1. The molecule has 1 aliphatic heterocycles. The van der Waals surface area contributed by atoms with Gasteiger partial charge in [-0.2, -0.15) is 0 Å². The summed E-state index contributed by atoms with van der Waals surface area (Å²) in [5.74, 6) is -0.308. The van der Waals surface area contributed by atoms with Crippen molar-refractivity contribution in [2.24, 2.45) is 11.7 Å². The molecule has 1 aromatic carbocycles. The second kappa shape index (κ2) is 12.4. The zero-order chi connectivity index (χ0) is 20.5. The third kappa shape index (κ3) is 8.03. The van der Waals surface area contributed by atoms with Gasteiger partial charge in [0.2, 0.25) is 17.7 Å². The average Bonchev–Trinajstić information content (AvgIpc) is 2.96. The van der Waals surface area contributed by atoms with Crippen LogP contribution in [-0.4, -0.2) is 66.3 Å². The normalized spacial score (nSPS) is 15.3. The zero-order valence-corrected chi connectivity index (χ0v) is 18.1. The molecule has 1 aliphatic rings. The predicted octanol–water partition coefficient (Wildman–Crippen LogP) is 1.20. The largest absolute Gasteiger partial charge is 0.346 e. The van der Waals surface area contributed by atoms with E-state index in [9.17, 15) is 14.4 Å². The molecule has 0 aliphatic carbocycles. The number of amides is 3. The molecular weight excluding hydrogens is 392 g/mol. The van der Waals surface area contributed by atoms with Crippen molar-refractivity contribution in [1.29, 1.82) is 0 Å². The highest BCUT2D eigenvalue weighted by molar-refractivity contribution is 5.87. The van der Waals surface area contributed by atoms with Crippen LogP contribution in [0.2, 0.25) is 0 Å². The Morgan fingerprint density at radius 3 is 2.17 bits per heavy atom. The van der Waals surface area contributed by atoms with Crippen LogP contribution in [0.25, 0.3) is 0 Å². The van der Waals surface area contributed by atoms with Gasteiger partial charge in [-0.25, -0.2) is 0 Å². The molecule has 0 spiro atoms. The first-order valence-corrected chi connectivity index (χ1v) is 10.0. The fourth-order valence-electron chi connectivity index (χ4n) is 3.17. The van der Waals surface area contributed by atoms with E-state index in [0.29, 0.717) is 32.6 Å². The number of carbonyl (C=O) groups is 3. The summed E-state index contributed by atoms with van der Waals surface area (Å²) < 4.78 is 0. The lowest BCUT2D eigenvalue weighted by Gasteiger charge is -2.23. The van der Waals surface area contributed by atoms with Gasteiger partial charge in [-0.05, 0) is 24.3 Å². The second-order valence-electron chi connectivity index (χ2n) is 7.59. The summed E-state index contributed by atoms with van der Waals surface area (Å²) in [6.07, 6.45) is 1.93. The van der Waals surface area contributed by atoms with Gasteiger partial charge < -0.3 is 20.9 Å². The Bertz CT molecular complexity index is 669. The number of hydrogen-bond donors (Lipinski definition) is 2. The first-order chi connectivity index (χ1) is 13.4. The van der Waals surface area contributed by atoms with Gasteiger partial charge in [-0.3, -0.25) is 14.4 Å². The third-order valence-electron chi connectivity index (χ3n) is 5.11. The van der Waals surface area contributed by atoms with Crippen LogP contribution in [0.5, 0.6) is 0 Å². The van der Waals surface area contributed by atoms with E-state index in [2.05, 4.69) is 5.32 Å². The van der Waals surface area contributed by atoms with E-state index >= 15 is 0 Å². The molecule has 8 heteroatoms. The van der Waals surface area contributed by atoms with Gasteiger partial charge in [0.15, 0.2) is 0 Å². The molecule has 2 rings (SSSR count). The molecule has 0 saturated carbocycles. The van der Waals surface area contributed by atoms with E-state index in [4.69, 9.17) is 5.73 Å². The highest BCUT2D eigenvalue weighted by Gasteiger charge is 2.23. The first-order valence-electron chi connectivity index (χ1n) is 10.0. The zero-order valence-electron chi connectivity index (χ0n) is 17.3. The molecule has 1 saturated heterocycles. The van der Waals surface area contributed by atoms with E-state index < -0.39 is 6.04 Å². The van der Waals surface area contributed by atoms with E-state index in [1.165, 1.54) is 0 Å². The Hall–Kier alpha value is -2.12. The molecule has 1 atom stereocenters. The van der Waals surface area contributed by atoms with Crippen molar-refractivity contribution in [1.82, 2.24) is 15.1 Å². The van der Waals surface area contributed by atoms with Crippen LogP contribution >= 0.6 is 12.4 Å². The molecule has 0 bridgehead atoms. The Kier molecular flexibility index (Phi) is 10.7. The molecule has 7 nitrogen and oxygen atoms in total. The summed E-state index contributed by atoms with van der Waals surface area (Å²) in [6.45, 7) is 5.94. The smallest absolute Gasteiger partial charge is 0.242 e. The molecule has 162 valence electrons. The molecule has 1 heterocycles. The molecule has 0 unspecified atom stereocenters. The first kappa shape index (κ1) is 24.9. The summed E-state index contributed by atoms with van der Waals surface area (Å²) in [5.41, 5.74) is 6.94. The number of nitrogens with zero attached hydrogens (tertiary/aromatic N) is 2. The number of rotatable bonds is 7. The summed E-state index contributed by atoms with van der Waals surface area (Å²) in [5, 5.41) is 2.62. The number of halogens is 1. The maximum absolute atomic E-state index is 12.5. The predicted molar refractivity (Wildman–Crippen MR) is 116 cm³/mol. The van der Waals surface area contributed by atoms with Crippen molar-refractivity contribution in [2.45, 2.75) is 39.2 Å². The SMILES string of the molecule is CC(C)[C@H](N)C(=O)NCC(=O)N1CCCN(C(=O)CCc2ccccc2)CC1.Cl. The minimum atomic E-state index is -0.616. The molecule has 1 aromatic rings. The van der Waals surface area contributed by atoms with E-state index in [1.807, 2.05) is 49.1 Å². The van der Waals surface area contributed by atoms with Crippen LogP contribution in [0.1, 0.15) is 32.3 Å². The average molecular weight is 425 g/mol. The lowest BCUT2D eigenvalue weighted by Crippen LogP contribution is -2.48. The number of hydrogen-bond acceptors (Lipinski definition) is 4. The van der Waals surface area contributed by atoms with Gasteiger partial charge in [-0.15, -0.1) is 12.4 Å². The van der Waals surface area contributed by atoms with E-state index in [0.717, 1.165) is 18.4 Å². The monoisotopic (exact) mass is 424 g/mol. The highest BCUT2D eigenvalue weighted by atomic mass is 35.5. The minimum absolute atomic E-state index is 0. The van der Waals surface area contributed by atoms with E-state index in [1.54, 1.807) is 4.90 Å². The van der Waals surface area contributed by atoms with Crippen molar-refractivity contribution in [3.8, 4) is 0 Å². The lowest BCUT2D eigenvalue weighted by molar-refractivity contribution is -0.134. The number of nitrogens with one attached hydrogen (secondary N) is 1.